The van der Waals surface area contributed by atoms with Crippen LogP contribution in [0.4, 0.5) is 5.69 Å². The Balaban J connectivity index is 1.58. The molecule has 0 bridgehead atoms. The summed E-state index contributed by atoms with van der Waals surface area (Å²) in [5, 5.41) is 11.3. The van der Waals surface area contributed by atoms with Gasteiger partial charge >= 0.3 is 5.97 Å². The second-order valence-corrected chi connectivity index (χ2v) is 7.78. The minimum Gasteiger partial charge on any atom is -0.467 e. The number of amides is 2. The van der Waals surface area contributed by atoms with Crippen molar-refractivity contribution in [3.63, 3.8) is 0 Å². The molecule has 2 heterocycles. The van der Waals surface area contributed by atoms with E-state index in [1.165, 1.54) is 24.3 Å². The van der Waals surface area contributed by atoms with Crippen molar-refractivity contribution in [3.05, 3.63) is 68.8 Å². The topological polar surface area (TPSA) is 125 Å². The highest BCUT2D eigenvalue weighted by molar-refractivity contribution is 6.22. The average molecular weight is 440 g/mol. The Kier molecular flexibility index (Phi) is 5.62. The molecule has 10 heteroatoms. The van der Waals surface area contributed by atoms with Crippen LogP contribution in [0.1, 0.15) is 45.7 Å². The minimum atomic E-state index is -1.15. The molecular weight excluding hydrogens is 420 g/mol. The Morgan fingerprint density at radius 2 is 1.84 bits per heavy atom. The standard InChI is InChI=1S/C22H20N2O8/c1-12(2)18(23-20(25)16-5-3-4-6-17(16)21(23)26)22(27)31-10-14-8-15(24(28)29)7-13-9-30-11-32-19(13)14/h3-8,12,18H,9-11H2,1-2H3/t18-/m1/s1. The smallest absolute Gasteiger partial charge is 0.329 e. The molecule has 2 amide bonds. The molecule has 0 spiro atoms. The summed E-state index contributed by atoms with van der Waals surface area (Å²) in [4.78, 5) is 50.3. The number of carbonyl (C=O) groups is 3. The fraction of sp³-hybridized carbons (Fsp3) is 0.318. The van der Waals surface area contributed by atoms with E-state index in [1.54, 1.807) is 26.0 Å². The zero-order valence-electron chi connectivity index (χ0n) is 17.4. The van der Waals surface area contributed by atoms with E-state index in [4.69, 9.17) is 14.2 Å². The van der Waals surface area contributed by atoms with Crippen LogP contribution < -0.4 is 4.74 Å². The average Bonchev–Trinajstić information content (AvgIpc) is 3.02. The van der Waals surface area contributed by atoms with E-state index in [0.717, 1.165) is 4.90 Å². The van der Waals surface area contributed by atoms with Gasteiger partial charge in [-0.15, -0.1) is 0 Å². The van der Waals surface area contributed by atoms with Gasteiger partial charge in [0.15, 0.2) is 6.79 Å². The van der Waals surface area contributed by atoms with E-state index in [9.17, 15) is 24.5 Å². The summed E-state index contributed by atoms with van der Waals surface area (Å²) in [6.45, 7) is 3.17. The number of rotatable bonds is 6. The number of nitro groups is 1. The van der Waals surface area contributed by atoms with Gasteiger partial charge in [0, 0.05) is 23.3 Å². The molecule has 2 aromatic carbocycles. The summed E-state index contributed by atoms with van der Waals surface area (Å²) in [5.41, 5.74) is 1.05. The zero-order chi connectivity index (χ0) is 23.0. The molecule has 2 aliphatic rings. The van der Waals surface area contributed by atoms with Crippen LogP contribution in [-0.2, 0) is 27.5 Å². The van der Waals surface area contributed by atoms with Gasteiger partial charge in [0.2, 0.25) is 0 Å². The van der Waals surface area contributed by atoms with E-state index in [-0.39, 0.29) is 36.8 Å². The third-order valence-corrected chi connectivity index (χ3v) is 5.33. The van der Waals surface area contributed by atoms with Gasteiger partial charge in [-0.1, -0.05) is 26.0 Å². The summed E-state index contributed by atoms with van der Waals surface area (Å²) < 4.78 is 16.1. The number of fused-ring (bicyclic) bond motifs is 2. The molecule has 0 aromatic heterocycles. The number of benzene rings is 2. The molecular formula is C22H20N2O8. The van der Waals surface area contributed by atoms with Crippen LogP contribution in [0.5, 0.6) is 5.75 Å². The second kappa shape index (κ2) is 8.39. The second-order valence-electron chi connectivity index (χ2n) is 7.78. The van der Waals surface area contributed by atoms with Crippen molar-refractivity contribution in [1.82, 2.24) is 4.90 Å². The van der Waals surface area contributed by atoms with Crippen molar-refractivity contribution in [1.29, 1.82) is 0 Å². The first-order chi connectivity index (χ1) is 15.3. The Bertz CT molecular complexity index is 1090. The van der Waals surface area contributed by atoms with Crippen molar-refractivity contribution in [2.45, 2.75) is 33.1 Å². The number of ether oxygens (including phenoxy) is 3. The van der Waals surface area contributed by atoms with Gasteiger partial charge in [-0.2, -0.15) is 0 Å². The number of nitro benzene ring substituents is 1. The number of carbonyl (C=O) groups excluding carboxylic acids is 3. The lowest BCUT2D eigenvalue weighted by molar-refractivity contribution is -0.385. The summed E-state index contributed by atoms with van der Waals surface area (Å²) in [6.07, 6.45) is 0. The summed E-state index contributed by atoms with van der Waals surface area (Å²) in [5.74, 6) is -1.98. The molecule has 0 N–H and O–H groups in total. The molecule has 1 atom stereocenters. The van der Waals surface area contributed by atoms with Crippen LogP contribution >= 0.6 is 0 Å². The van der Waals surface area contributed by atoms with Crippen LogP contribution in [-0.4, -0.2) is 40.4 Å². The lowest BCUT2D eigenvalue weighted by Crippen LogP contribution is -2.48. The van der Waals surface area contributed by atoms with Crippen molar-refractivity contribution >= 4 is 23.5 Å². The first-order valence-corrected chi connectivity index (χ1v) is 9.94. The number of esters is 1. The minimum absolute atomic E-state index is 0.0323. The van der Waals surface area contributed by atoms with Crippen molar-refractivity contribution in [2.24, 2.45) is 5.92 Å². The molecule has 0 saturated carbocycles. The molecule has 2 aromatic rings. The van der Waals surface area contributed by atoms with Crippen LogP contribution in [0.3, 0.4) is 0 Å². The van der Waals surface area contributed by atoms with Gasteiger partial charge in [-0.05, 0) is 18.1 Å². The molecule has 0 fully saturated rings. The summed E-state index contributed by atoms with van der Waals surface area (Å²) >= 11 is 0. The van der Waals surface area contributed by atoms with E-state index < -0.39 is 34.7 Å². The van der Waals surface area contributed by atoms with Crippen LogP contribution in [0, 0.1) is 16.0 Å². The zero-order valence-corrected chi connectivity index (χ0v) is 17.4. The number of hydrogen-bond donors (Lipinski definition) is 0. The highest BCUT2D eigenvalue weighted by atomic mass is 16.7. The Labute approximate surface area is 182 Å². The maximum Gasteiger partial charge on any atom is 0.329 e. The van der Waals surface area contributed by atoms with Gasteiger partial charge < -0.3 is 14.2 Å². The normalized spacial score (nSPS) is 15.8. The quantitative estimate of drug-likeness (QED) is 0.291. The molecule has 2 aliphatic heterocycles. The fourth-order valence-corrected chi connectivity index (χ4v) is 3.86. The summed E-state index contributed by atoms with van der Waals surface area (Å²) in [6, 6.07) is 7.82. The molecule has 0 aliphatic carbocycles. The van der Waals surface area contributed by atoms with Crippen molar-refractivity contribution in [2.75, 3.05) is 6.79 Å². The third kappa shape index (κ3) is 3.69. The third-order valence-electron chi connectivity index (χ3n) is 5.33. The van der Waals surface area contributed by atoms with E-state index >= 15 is 0 Å². The van der Waals surface area contributed by atoms with Crippen LogP contribution in [0.25, 0.3) is 0 Å². The fourth-order valence-electron chi connectivity index (χ4n) is 3.86. The first kappa shape index (κ1) is 21.4. The largest absolute Gasteiger partial charge is 0.467 e. The van der Waals surface area contributed by atoms with E-state index in [0.29, 0.717) is 16.9 Å². The van der Waals surface area contributed by atoms with E-state index in [1.807, 2.05) is 0 Å². The van der Waals surface area contributed by atoms with Gasteiger partial charge in [0.1, 0.15) is 18.4 Å². The molecule has 10 nitrogen and oxygen atoms in total. The molecule has 0 radical (unpaired) electrons. The number of hydrogen-bond acceptors (Lipinski definition) is 8. The molecule has 0 unspecified atom stereocenters. The maximum atomic E-state index is 13.0. The van der Waals surface area contributed by atoms with Crippen LogP contribution in [0.2, 0.25) is 0 Å². The van der Waals surface area contributed by atoms with Crippen molar-refractivity contribution < 1.29 is 33.5 Å². The lowest BCUT2D eigenvalue weighted by atomic mass is 10.0. The van der Waals surface area contributed by atoms with E-state index in [2.05, 4.69) is 0 Å². The van der Waals surface area contributed by atoms with Crippen LogP contribution in [0.15, 0.2) is 36.4 Å². The molecule has 166 valence electrons. The number of nitrogens with zero attached hydrogens (tertiary/aromatic N) is 2. The predicted molar refractivity (Wildman–Crippen MR) is 109 cm³/mol. The van der Waals surface area contributed by atoms with Crippen molar-refractivity contribution in [3.8, 4) is 5.75 Å². The predicted octanol–water partition coefficient (Wildman–Crippen LogP) is 2.83. The molecule has 0 saturated heterocycles. The maximum absolute atomic E-state index is 13.0. The Hall–Kier alpha value is -3.79. The monoisotopic (exact) mass is 440 g/mol. The first-order valence-electron chi connectivity index (χ1n) is 9.94. The van der Waals surface area contributed by atoms with Gasteiger partial charge in [-0.25, -0.2) is 4.79 Å². The Morgan fingerprint density at radius 1 is 1.19 bits per heavy atom. The number of imide groups is 1. The summed E-state index contributed by atoms with van der Waals surface area (Å²) in [7, 11) is 0. The Morgan fingerprint density at radius 3 is 2.44 bits per heavy atom. The highest BCUT2D eigenvalue weighted by Crippen LogP contribution is 2.34. The van der Waals surface area contributed by atoms with Gasteiger partial charge in [-0.3, -0.25) is 24.6 Å². The SMILES string of the molecule is CC(C)[C@H](C(=O)OCc1cc([N+](=O)[O-])cc2c1OCOC2)N1C(=O)c2ccccc2C1=O. The lowest BCUT2D eigenvalue weighted by Gasteiger charge is -2.28. The number of non-ortho nitro benzene ring substituents is 1. The van der Waals surface area contributed by atoms with Gasteiger partial charge in [0.05, 0.1) is 22.7 Å². The van der Waals surface area contributed by atoms with Gasteiger partial charge in [0.25, 0.3) is 17.5 Å². The highest BCUT2D eigenvalue weighted by Gasteiger charge is 2.44. The molecule has 32 heavy (non-hydrogen) atoms. The molecule has 4 rings (SSSR count).